The van der Waals surface area contributed by atoms with Gasteiger partial charge in [0.1, 0.15) is 0 Å². The Morgan fingerprint density at radius 2 is 1.58 bits per heavy atom. The van der Waals surface area contributed by atoms with E-state index in [0.717, 1.165) is 40.1 Å². The van der Waals surface area contributed by atoms with Crippen LogP contribution in [0.25, 0.3) is 16.7 Å². The Hall–Kier alpha value is -2.62. The molecule has 0 atom stereocenters. The number of benzene rings is 2. The average molecular weight is 416 g/mol. The van der Waals surface area contributed by atoms with Crippen molar-refractivity contribution in [1.29, 1.82) is 0 Å². The summed E-state index contributed by atoms with van der Waals surface area (Å²) in [5.74, 6) is 2.27. The van der Waals surface area contributed by atoms with Crippen LogP contribution in [-0.4, -0.2) is 14.1 Å². The Morgan fingerprint density at radius 3 is 2.16 bits per heavy atom. The summed E-state index contributed by atoms with van der Waals surface area (Å²) in [5.41, 5.74) is 5.51. The highest BCUT2D eigenvalue weighted by molar-refractivity contribution is 5.80. The summed E-state index contributed by atoms with van der Waals surface area (Å²) in [7, 11) is 4.03. The monoisotopic (exact) mass is 415 g/mol. The molecule has 0 spiro atoms. The number of anilines is 1. The summed E-state index contributed by atoms with van der Waals surface area (Å²) in [6.45, 7) is 2.17. The first-order valence-corrected chi connectivity index (χ1v) is 11.7. The quantitative estimate of drug-likeness (QED) is 0.570. The third kappa shape index (κ3) is 3.02. The largest absolute Gasteiger partial charge is 0.608 e. The van der Waals surface area contributed by atoms with Crippen molar-refractivity contribution in [2.24, 2.45) is 17.8 Å². The molecule has 4 fully saturated rings. The van der Waals surface area contributed by atoms with Gasteiger partial charge in [0.25, 0.3) is 0 Å². The second kappa shape index (κ2) is 6.69. The van der Waals surface area contributed by atoms with E-state index in [1.807, 2.05) is 44.6 Å². The van der Waals surface area contributed by atoms with Crippen LogP contribution in [0.5, 0.6) is 0 Å². The molecule has 0 saturated heterocycles. The zero-order valence-electron chi connectivity index (χ0n) is 18.7. The van der Waals surface area contributed by atoms with Crippen molar-refractivity contribution in [3.8, 4) is 5.69 Å². The molecular weight excluding hydrogens is 384 g/mol. The molecule has 4 bridgehead atoms. The Bertz CT molecular complexity index is 1190. The summed E-state index contributed by atoms with van der Waals surface area (Å²) in [5, 5.41) is 1.03. The highest BCUT2D eigenvalue weighted by Crippen LogP contribution is 2.61. The first-order chi connectivity index (χ1) is 14.9. The lowest BCUT2D eigenvalue weighted by Gasteiger charge is -2.57. The highest BCUT2D eigenvalue weighted by atomic mass is 16.4. The van der Waals surface area contributed by atoms with Crippen molar-refractivity contribution >= 4 is 16.7 Å². The van der Waals surface area contributed by atoms with Gasteiger partial charge < -0.3 is 9.32 Å². The minimum absolute atomic E-state index is 0.203. The first-order valence-electron chi connectivity index (χ1n) is 11.7. The normalized spacial score (nSPS) is 28.9. The third-order valence-corrected chi connectivity index (χ3v) is 8.17. The number of aromatic nitrogens is 1. The van der Waals surface area contributed by atoms with E-state index in [0.29, 0.717) is 0 Å². The van der Waals surface area contributed by atoms with Crippen molar-refractivity contribution in [2.75, 3.05) is 19.0 Å². The number of hydrogen-bond donors (Lipinski definition) is 0. The van der Waals surface area contributed by atoms with Crippen LogP contribution >= 0.6 is 0 Å². The second-order valence-corrected chi connectivity index (χ2v) is 10.7. The molecule has 2 aromatic carbocycles. The smallest absolute Gasteiger partial charge is 0.378 e. The summed E-state index contributed by atoms with van der Waals surface area (Å²) in [6.07, 6.45) is 10.0. The lowest BCUT2D eigenvalue weighted by molar-refractivity contribution is -0.623. The maximum atomic E-state index is 13.1. The fourth-order valence-electron chi connectivity index (χ4n) is 7.27. The Labute approximate surface area is 183 Å². The number of nitrogens with zero attached hydrogens (tertiary/aromatic N) is 2. The lowest BCUT2D eigenvalue weighted by atomic mass is 9.48. The van der Waals surface area contributed by atoms with E-state index >= 15 is 0 Å². The molecule has 0 N–H and O–H groups in total. The van der Waals surface area contributed by atoms with Gasteiger partial charge in [0.15, 0.2) is 11.8 Å². The van der Waals surface area contributed by atoms with E-state index in [1.54, 1.807) is 4.57 Å². The van der Waals surface area contributed by atoms with Crippen LogP contribution in [0.1, 0.15) is 49.7 Å². The van der Waals surface area contributed by atoms with Crippen LogP contribution in [0.4, 0.5) is 5.69 Å². The molecule has 4 heteroatoms. The van der Waals surface area contributed by atoms with E-state index in [1.165, 1.54) is 49.7 Å². The van der Waals surface area contributed by atoms with Gasteiger partial charge in [0.2, 0.25) is 5.69 Å². The van der Waals surface area contributed by atoms with Gasteiger partial charge in [-0.15, -0.1) is 0 Å². The number of fused-ring (bicyclic) bond motifs is 1. The van der Waals surface area contributed by atoms with Crippen molar-refractivity contribution in [2.45, 2.75) is 50.9 Å². The van der Waals surface area contributed by atoms with Gasteiger partial charge >= 0.3 is 5.76 Å². The fourth-order valence-corrected chi connectivity index (χ4v) is 7.27. The Kier molecular flexibility index (Phi) is 4.12. The molecule has 3 aromatic rings. The van der Waals surface area contributed by atoms with Crippen LogP contribution < -0.4 is 15.2 Å². The van der Waals surface area contributed by atoms with Crippen LogP contribution in [0.2, 0.25) is 0 Å². The van der Waals surface area contributed by atoms with E-state index < -0.39 is 0 Å². The van der Waals surface area contributed by atoms with Gasteiger partial charge in [-0.05, 0) is 92.4 Å². The van der Waals surface area contributed by atoms with E-state index in [9.17, 15) is 4.79 Å². The van der Waals surface area contributed by atoms with Gasteiger partial charge in [0, 0.05) is 37.5 Å². The molecule has 0 unspecified atom stereocenters. The molecule has 0 aliphatic heterocycles. The molecule has 160 valence electrons. The maximum Gasteiger partial charge on any atom is 0.608 e. The molecule has 0 amide bonds. The maximum absolute atomic E-state index is 13.1. The second-order valence-electron chi connectivity index (χ2n) is 10.7. The summed E-state index contributed by atoms with van der Waals surface area (Å²) < 4.78 is 7.74. The van der Waals surface area contributed by atoms with Crippen LogP contribution in [0, 0.1) is 24.7 Å². The Balaban J connectivity index is 1.49. The predicted molar refractivity (Wildman–Crippen MR) is 123 cm³/mol. The lowest BCUT2D eigenvalue weighted by Crippen LogP contribution is -2.49. The summed E-state index contributed by atoms with van der Waals surface area (Å²) in [4.78, 5) is 15.2. The molecular formula is C27H31N2O2+. The van der Waals surface area contributed by atoms with E-state index in [2.05, 4.69) is 24.0 Å². The average Bonchev–Trinajstić information content (AvgIpc) is 2.72. The number of hydrogen-bond acceptors (Lipinski definition) is 3. The SMILES string of the molecule is Cc1cc(C23CC4CC(CC(C4)C2)C3)c2oc(=O)[n+](-c3ccc(N(C)C)cc3)cc2c1. The zero-order valence-corrected chi connectivity index (χ0v) is 18.7. The zero-order chi connectivity index (χ0) is 21.3. The molecule has 1 aromatic heterocycles. The minimum Gasteiger partial charge on any atom is -0.378 e. The topological polar surface area (TPSA) is 37.3 Å². The molecule has 4 saturated carbocycles. The van der Waals surface area contributed by atoms with Gasteiger partial charge in [-0.25, -0.2) is 0 Å². The molecule has 4 aliphatic rings. The van der Waals surface area contributed by atoms with Gasteiger partial charge in [0.05, 0.1) is 5.39 Å². The van der Waals surface area contributed by atoms with E-state index in [-0.39, 0.29) is 11.2 Å². The van der Waals surface area contributed by atoms with Gasteiger partial charge in [-0.1, -0.05) is 10.6 Å². The number of rotatable bonds is 3. The van der Waals surface area contributed by atoms with Gasteiger partial charge in [-0.2, -0.15) is 4.79 Å². The molecule has 4 aliphatic carbocycles. The number of aryl methyl sites for hydroxylation is 1. The minimum atomic E-state index is -0.306. The Morgan fingerprint density at radius 1 is 0.968 bits per heavy atom. The van der Waals surface area contributed by atoms with Gasteiger partial charge in [-0.3, -0.25) is 0 Å². The van der Waals surface area contributed by atoms with Crippen molar-refractivity contribution in [1.82, 2.24) is 0 Å². The molecule has 7 rings (SSSR count). The van der Waals surface area contributed by atoms with Crippen molar-refractivity contribution < 1.29 is 8.98 Å². The van der Waals surface area contributed by atoms with Crippen LogP contribution in [-0.2, 0) is 5.41 Å². The summed E-state index contributed by atoms with van der Waals surface area (Å²) >= 11 is 0. The molecule has 1 heterocycles. The highest BCUT2D eigenvalue weighted by Gasteiger charge is 2.52. The standard InChI is InChI=1S/C27H31N2O2/c1-17-8-21-16-29(23-6-4-22(5-7-23)28(2)3)26(30)31-25(21)24(9-17)27-13-18-10-19(14-27)12-20(11-18)15-27/h4-9,16,18-20H,10-15H2,1-3H3/q+1. The van der Waals surface area contributed by atoms with E-state index in [4.69, 9.17) is 4.42 Å². The van der Waals surface area contributed by atoms with Crippen LogP contribution in [0.15, 0.2) is 51.8 Å². The molecule has 31 heavy (non-hydrogen) atoms. The van der Waals surface area contributed by atoms with Crippen molar-refractivity contribution in [3.63, 3.8) is 0 Å². The molecule has 4 nitrogen and oxygen atoms in total. The summed E-state index contributed by atoms with van der Waals surface area (Å²) in [6, 6.07) is 12.5. The first kappa shape index (κ1) is 19.1. The van der Waals surface area contributed by atoms with Crippen LogP contribution in [0.3, 0.4) is 0 Å². The third-order valence-electron chi connectivity index (χ3n) is 8.17. The van der Waals surface area contributed by atoms with Crippen molar-refractivity contribution in [3.05, 3.63) is 64.3 Å². The predicted octanol–water partition coefficient (Wildman–Crippen LogP) is 4.91. The fraction of sp³-hybridized carbons (Fsp3) is 0.481. The molecule has 0 radical (unpaired) electrons.